The van der Waals surface area contributed by atoms with E-state index < -0.39 is 17.2 Å². The van der Waals surface area contributed by atoms with E-state index in [1.807, 2.05) is 6.92 Å². The zero-order valence-corrected chi connectivity index (χ0v) is 24.7. The largest absolute Gasteiger partial charge is 0.395 e. The van der Waals surface area contributed by atoms with E-state index in [1.165, 1.54) is 6.21 Å². The molecule has 0 bridgehead atoms. The van der Waals surface area contributed by atoms with Crippen LogP contribution in [0.1, 0.15) is 50.2 Å². The van der Waals surface area contributed by atoms with Crippen LogP contribution in [0.5, 0.6) is 0 Å². The van der Waals surface area contributed by atoms with Crippen molar-refractivity contribution in [2.24, 2.45) is 10.9 Å². The minimum Gasteiger partial charge on any atom is -0.395 e. The van der Waals surface area contributed by atoms with Crippen LogP contribution in [-0.4, -0.2) is 49.5 Å². The second kappa shape index (κ2) is 13.3. The standard InChI is InChI=1S/C29H32Cl4N2O4/c1-2-13-38-29(39-18-19-5-3-4-6-19)28(23-9-7-21(30)14-25(23)32,24-10-8-22(31)15-26(24)33)16-20(17-35-29)27(37)34-11-12-36/h7-10,14-17,19,36H,2-6,11-13,18H2,1H3,(H,34,37). The maximum atomic E-state index is 13.2. The van der Waals surface area contributed by atoms with Gasteiger partial charge in [-0.1, -0.05) is 78.3 Å². The van der Waals surface area contributed by atoms with Gasteiger partial charge in [-0.05, 0) is 66.6 Å². The molecule has 1 fully saturated rings. The van der Waals surface area contributed by atoms with Crippen molar-refractivity contribution in [3.05, 3.63) is 79.3 Å². The molecule has 2 N–H and O–H groups in total. The lowest BCUT2D eigenvalue weighted by molar-refractivity contribution is -0.261. The van der Waals surface area contributed by atoms with E-state index in [9.17, 15) is 9.90 Å². The van der Waals surface area contributed by atoms with Crippen LogP contribution in [0, 0.1) is 5.92 Å². The molecule has 39 heavy (non-hydrogen) atoms. The molecule has 1 aliphatic heterocycles. The number of dihydropyridines is 1. The molecule has 210 valence electrons. The van der Waals surface area contributed by atoms with Crippen LogP contribution >= 0.6 is 46.4 Å². The summed E-state index contributed by atoms with van der Waals surface area (Å²) in [4.78, 5) is 18.1. The second-order valence-electron chi connectivity index (χ2n) is 9.79. The number of benzene rings is 2. The van der Waals surface area contributed by atoms with Gasteiger partial charge >= 0.3 is 0 Å². The average molecular weight is 614 g/mol. The number of aliphatic imine (C=N–C) groups is 1. The van der Waals surface area contributed by atoms with E-state index in [4.69, 9.17) is 60.9 Å². The van der Waals surface area contributed by atoms with Crippen molar-refractivity contribution < 1.29 is 19.4 Å². The fourth-order valence-corrected chi connectivity index (χ4v) is 6.38. The Bertz CT molecular complexity index is 1190. The molecule has 1 heterocycles. The molecule has 1 atom stereocenters. The Labute approximate surface area is 249 Å². The number of ether oxygens (including phenoxy) is 2. The van der Waals surface area contributed by atoms with Crippen molar-refractivity contribution in [3.8, 4) is 0 Å². The smallest absolute Gasteiger partial charge is 0.287 e. The average Bonchev–Trinajstić information content (AvgIpc) is 3.44. The van der Waals surface area contributed by atoms with Crippen LogP contribution < -0.4 is 5.32 Å². The number of rotatable bonds is 11. The minimum atomic E-state index is -1.65. The third kappa shape index (κ3) is 6.33. The lowest BCUT2D eigenvalue weighted by Crippen LogP contribution is -2.57. The van der Waals surface area contributed by atoms with E-state index in [-0.39, 0.29) is 18.7 Å². The van der Waals surface area contributed by atoms with Crippen LogP contribution in [0.25, 0.3) is 0 Å². The Morgan fingerprint density at radius 1 is 1.03 bits per heavy atom. The highest BCUT2D eigenvalue weighted by molar-refractivity contribution is 6.36. The molecular formula is C29H32Cl4N2O4. The van der Waals surface area contributed by atoms with Gasteiger partial charge in [-0.3, -0.25) is 4.79 Å². The van der Waals surface area contributed by atoms with Gasteiger partial charge in [-0.2, -0.15) is 0 Å². The van der Waals surface area contributed by atoms with Crippen molar-refractivity contribution in [1.82, 2.24) is 5.32 Å². The van der Waals surface area contributed by atoms with Gasteiger partial charge in [0.05, 0.1) is 25.4 Å². The Hall–Kier alpha value is -1.64. The zero-order valence-electron chi connectivity index (χ0n) is 21.7. The first-order valence-corrected chi connectivity index (χ1v) is 14.6. The molecule has 0 radical (unpaired) electrons. The summed E-state index contributed by atoms with van der Waals surface area (Å²) in [6, 6.07) is 10.2. The summed E-state index contributed by atoms with van der Waals surface area (Å²) in [6.07, 6.45) is 8.27. The molecule has 0 saturated heterocycles. The maximum Gasteiger partial charge on any atom is 0.287 e. The highest BCUT2D eigenvalue weighted by Gasteiger charge is 2.59. The molecule has 0 aromatic heterocycles. The highest BCUT2D eigenvalue weighted by Crippen LogP contribution is 2.54. The number of hydrogen-bond donors (Lipinski definition) is 2. The summed E-state index contributed by atoms with van der Waals surface area (Å²) in [5, 5.41) is 13.5. The maximum absolute atomic E-state index is 13.2. The summed E-state index contributed by atoms with van der Waals surface area (Å²) in [7, 11) is 0. The molecule has 2 aliphatic rings. The van der Waals surface area contributed by atoms with Crippen LogP contribution in [0.3, 0.4) is 0 Å². The predicted octanol–water partition coefficient (Wildman–Crippen LogP) is 6.99. The third-order valence-corrected chi connectivity index (χ3v) is 8.20. The minimum absolute atomic E-state index is 0.0794. The number of hydrogen-bond acceptors (Lipinski definition) is 5. The van der Waals surface area contributed by atoms with Gasteiger partial charge in [0.2, 0.25) is 0 Å². The zero-order chi connectivity index (χ0) is 28.0. The van der Waals surface area contributed by atoms with E-state index in [1.54, 1.807) is 42.5 Å². The Balaban J connectivity index is 2.03. The molecule has 0 spiro atoms. The van der Waals surface area contributed by atoms with E-state index in [0.717, 1.165) is 25.7 Å². The topological polar surface area (TPSA) is 80.2 Å². The lowest BCUT2D eigenvalue weighted by Gasteiger charge is -2.48. The molecule has 4 rings (SSSR count). The van der Waals surface area contributed by atoms with Crippen LogP contribution in [-0.2, 0) is 19.7 Å². The number of aliphatic hydroxyl groups is 1. The van der Waals surface area contributed by atoms with Gasteiger partial charge in [0.15, 0.2) is 0 Å². The van der Waals surface area contributed by atoms with Crippen molar-refractivity contribution in [1.29, 1.82) is 0 Å². The van der Waals surface area contributed by atoms with E-state index in [0.29, 0.717) is 56.8 Å². The molecule has 1 saturated carbocycles. The highest BCUT2D eigenvalue weighted by atomic mass is 35.5. The van der Waals surface area contributed by atoms with Crippen molar-refractivity contribution >= 4 is 58.5 Å². The van der Waals surface area contributed by atoms with Crippen molar-refractivity contribution in [3.63, 3.8) is 0 Å². The first-order chi connectivity index (χ1) is 18.8. The monoisotopic (exact) mass is 612 g/mol. The number of nitrogens with zero attached hydrogens (tertiary/aromatic N) is 1. The lowest BCUT2D eigenvalue weighted by atomic mass is 9.68. The predicted molar refractivity (Wildman–Crippen MR) is 157 cm³/mol. The van der Waals surface area contributed by atoms with E-state index >= 15 is 0 Å². The first-order valence-electron chi connectivity index (χ1n) is 13.1. The fourth-order valence-electron chi connectivity index (χ4n) is 5.27. The van der Waals surface area contributed by atoms with Crippen LogP contribution in [0.15, 0.2) is 53.0 Å². The number of carbonyl (C=O) groups excluding carboxylic acids is 1. The normalized spacial score (nSPS) is 20.7. The number of aliphatic hydroxyl groups excluding tert-OH is 1. The molecule has 2 aromatic carbocycles. The molecule has 10 heteroatoms. The number of carbonyl (C=O) groups is 1. The van der Waals surface area contributed by atoms with Gasteiger partial charge in [0.25, 0.3) is 11.8 Å². The number of amides is 1. The van der Waals surface area contributed by atoms with Crippen LogP contribution in [0.4, 0.5) is 0 Å². The Kier molecular flexibility index (Phi) is 10.4. The molecule has 1 unspecified atom stereocenters. The summed E-state index contributed by atoms with van der Waals surface area (Å²) >= 11 is 26.4. The van der Waals surface area contributed by atoms with Gasteiger partial charge in [0, 0.05) is 32.8 Å². The van der Waals surface area contributed by atoms with Crippen molar-refractivity contribution in [2.75, 3.05) is 26.4 Å². The molecule has 2 aromatic rings. The number of nitrogens with one attached hydrogen (secondary N) is 1. The van der Waals surface area contributed by atoms with E-state index in [2.05, 4.69) is 5.32 Å². The quantitative estimate of drug-likeness (QED) is 0.268. The van der Waals surface area contributed by atoms with Crippen molar-refractivity contribution in [2.45, 2.75) is 50.4 Å². The van der Waals surface area contributed by atoms with Gasteiger partial charge in [-0.25, -0.2) is 4.99 Å². The fraction of sp³-hybridized carbons (Fsp3) is 0.448. The molecule has 1 aliphatic carbocycles. The summed E-state index contributed by atoms with van der Waals surface area (Å²) < 4.78 is 13.3. The third-order valence-electron chi connectivity index (χ3n) is 7.11. The Morgan fingerprint density at radius 2 is 1.64 bits per heavy atom. The molecule has 1 amide bonds. The van der Waals surface area contributed by atoms with Gasteiger partial charge < -0.3 is 19.9 Å². The Morgan fingerprint density at radius 3 is 2.18 bits per heavy atom. The summed E-state index contributed by atoms with van der Waals surface area (Å²) in [5.74, 6) is -1.73. The van der Waals surface area contributed by atoms with Gasteiger partial charge in [0.1, 0.15) is 5.41 Å². The summed E-state index contributed by atoms with van der Waals surface area (Å²) in [5.41, 5.74) is -0.0833. The first kappa shape index (κ1) is 30.3. The second-order valence-corrected chi connectivity index (χ2v) is 11.5. The molecule has 6 nitrogen and oxygen atoms in total. The molecular weight excluding hydrogens is 582 g/mol. The summed E-state index contributed by atoms with van der Waals surface area (Å²) in [6.45, 7) is 2.59. The SMILES string of the molecule is CCCOC1(OCC2CCCC2)N=CC(C(=O)NCCO)=CC1(c1ccc(Cl)cc1Cl)c1ccc(Cl)cc1Cl. The van der Waals surface area contributed by atoms with Gasteiger partial charge in [-0.15, -0.1) is 0 Å². The number of halogens is 4. The van der Waals surface area contributed by atoms with Crippen LogP contribution in [0.2, 0.25) is 20.1 Å².